The highest BCUT2D eigenvalue weighted by atomic mass is 16.4. The highest BCUT2D eigenvalue weighted by Crippen LogP contribution is 2.43. The molecule has 4 aromatic rings. The van der Waals surface area contributed by atoms with E-state index < -0.39 is 5.76 Å². The highest BCUT2D eigenvalue weighted by molar-refractivity contribution is 5.68. The predicted molar refractivity (Wildman–Crippen MR) is 105 cm³/mol. The number of nitrogens with zero attached hydrogens (tertiary/aromatic N) is 6. The van der Waals surface area contributed by atoms with Crippen molar-refractivity contribution in [2.24, 2.45) is 7.05 Å². The van der Waals surface area contributed by atoms with Gasteiger partial charge in [0.1, 0.15) is 12.9 Å². The molecule has 0 aliphatic heterocycles. The number of hydrogen-bond acceptors (Lipinski definition) is 6. The van der Waals surface area contributed by atoms with Crippen molar-refractivity contribution in [2.45, 2.75) is 38.3 Å². The van der Waals surface area contributed by atoms with Crippen LogP contribution in [0.2, 0.25) is 0 Å². The van der Waals surface area contributed by atoms with E-state index >= 15 is 0 Å². The van der Waals surface area contributed by atoms with Crippen LogP contribution in [0.15, 0.2) is 50.9 Å². The van der Waals surface area contributed by atoms with Gasteiger partial charge in [-0.2, -0.15) is 4.68 Å². The van der Waals surface area contributed by atoms with Crippen LogP contribution in [0.4, 0.5) is 0 Å². The number of imidazole rings is 1. The summed E-state index contributed by atoms with van der Waals surface area (Å²) in [4.78, 5) is 33.2. The molecule has 0 spiro atoms. The molecule has 9 heteroatoms. The number of benzene rings is 1. The zero-order chi connectivity index (χ0) is 20.1. The number of aryl methyl sites for hydroxylation is 2. The molecule has 3 heterocycles. The van der Waals surface area contributed by atoms with Gasteiger partial charge >= 0.3 is 5.76 Å². The summed E-state index contributed by atoms with van der Waals surface area (Å²) in [6.07, 6.45) is 4.63. The summed E-state index contributed by atoms with van der Waals surface area (Å²) in [5.74, 6) is 0.126. The molecule has 0 amide bonds. The predicted octanol–water partition coefficient (Wildman–Crippen LogP) is 1.76. The van der Waals surface area contributed by atoms with Gasteiger partial charge in [-0.05, 0) is 31.2 Å². The van der Waals surface area contributed by atoms with Crippen molar-refractivity contribution >= 4 is 11.2 Å². The van der Waals surface area contributed by atoms with Crippen LogP contribution in [0, 0.1) is 6.92 Å². The first-order valence-electron chi connectivity index (χ1n) is 9.51. The first kappa shape index (κ1) is 17.6. The van der Waals surface area contributed by atoms with Crippen LogP contribution in [-0.4, -0.2) is 28.9 Å². The Labute approximate surface area is 165 Å². The van der Waals surface area contributed by atoms with Crippen LogP contribution in [0.3, 0.4) is 0 Å². The van der Waals surface area contributed by atoms with Crippen molar-refractivity contribution in [3.63, 3.8) is 0 Å². The molecule has 0 unspecified atom stereocenters. The van der Waals surface area contributed by atoms with Crippen LogP contribution in [0.5, 0.6) is 0 Å². The van der Waals surface area contributed by atoms with E-state index in [9.17, 15) is 9.59 Å². The maximum Gasteiger partial charge on any atom is 0.437 e. The van der Waals surface area contributed by atoms with E-state index in [4.69, 9.17) is 4.42 Å². The second kappa shape index (κ2) is 6.54. The molecule has 148 valence electrons. The quantitative estimate of drug-likeness (QED) is 0.525. The topological polar surface area (TPSA) is 101 Å². The van der Waals surface area contributed by atoms with Gasteiger partial charge in [-0.15, -0.1) is 5.10 Å². The first-order chi connectivity index (χ1) is 14.0. The summed E-state index contributed by atoms with van der Waals surface area (Å²) in [5.41, 5.74) is 3.05. The van der Waals surface area contributed by atoms with E-state index in [-0.39, 0.29) is 24.0 Å². The number of fused-ring (bicyclic) bond motifs is 1. The number of hydrogen-bond donors (Lipinski definition) is 0. The minimum Gasteiger partial charge on any atom is -0.390 e. The van der Waals surface area contributed by atoms with Gasteiger partial charge in [0, 0.05) is 7.05 Å². The Kier molecular flexibility index (Phi) is 3.97. The third-order valence-electron chi connectivity index (χ3n) is 5.59. The molecule has 1 aromatic carbocycles. The van der Waals surface area contributed by atoms with E-state index in [0.717, 1.165) is 12.8 Å². The Balaban J connectivity index is 1.35. The maximum atomic E-state index is 12.6. The molecule has 0 atom stereocenters. The smallest absolute Gasteiger partial charge is 0.390 e. The molecule has 9 nitrogen and oxygen atoms in total. The molecule has 1 aliphatic rings. The average molecular weight is 392 g/mol. The van der Waals surface area contributed by atoms with Gasteiger partial charge in [0.15, 0.2) is 11.2 Å². The van der Waals surface area contributed by atoms with Gasteiger partial charge in [-0.3, -0.25) is 9.36 Å². The Morgan fingerprint density at radius 1 is 1.17 bits per heavy atom. The van der Waals surface area contributed by atoms with E-state index in [1.807, 2.05) is 0 Å². The number of rotatable bonds is 4. The molecule has 0 bridgehead atoms. The second-order valence-corrected chi connectivity index (χ2v) is 7.65. The minimum absolute atomic E-state index is 0.0138. The molecular weight excluding hydrogens is 372 g/mol. The third kappa shape index (κ3) is 2.98. The van der Waals surface area contributed by atoms with E-state index in [1.165, 1.54) is 26.7 Å². The lowest BCUT2D eigenvalue weighted by molar-refractivity contribution is 0.233. The molecule has 0 N–H and O–H groups in total. The standard InChI is InChI=1S/C20H20N6O3/c1-12-4-3-5-13(6-12)14-7-15(8-14)26-20(28)29-16(23-26)9-25-11-22-18-17(19(25)27)24(2)10-21-18/h3-6,10-11,14-15H,7-9H2,1-2H3. The van der Waals surface area contributed by atoms with E-state index in [1.54, 1.807) is 17.9 Å². The fourth-order valence-electron chi connectivity index (χ4n) is 3.94. The molecule has 0 radical (unpaired) electrons. The Bertz CT molecular complexity index is 1320. The average Bonchev–Trinajstić information content (AvgIpc) is 3.20. The third-order valence-corrected chi connectivity index (χ3v) is 5.59. The van der Waals surface area contributed by atoms with Gasteiger partial charge in [0.05, 0.1) is 12.4 Å². The summed E-state index contributed by atoms with van der Waals surface area (Å²) >= 11 is 0. The van der Waals surface area contributed by atoms with Crippen molar-refractivity contribution in [3.8, 4) is 0 Å². The normalized spacial score (nSPS) is 18.8. The first-order valence-corrected chi connectivity index (χ1v) is 9.51. The zero-order valence-electron chi connectivity index (χ0n) is 16.1. The van der Waals surface area contributed by atoms with Gasteiger partial charge in [0.2, 0.25) is 5.89 Å². The molecule has 1 saturated carbocycles. The van der Waals surface area contributed by atoms with Gasteiger partial charge in [-0.1, -0.05) is 29.8 Å². The minimum atomic E-state index is -0.490. The molecule has 29 heavy (non-hydrogen) atoms. The van der Waals surface area contributed by atoms with Crippen LogP contribution >= 0.6 is 0 Å². The van der Waals surface area contributed by atoms with Crippen LogP contribution in [0.1, 0.15) is 41.8 Å². The van der Waals surface area contributed by atoms with Crippen molar-refractivity contribution in [1.82, 2.24) is 28.9 Å². The van der Waals surface area contributed by atoms with Gasteiger partial charge in [-0.25, -0.2) is 14.8 Å². The summed E-state index contributed by atoms with van der Waals surface area (Å²) in [5, 5.41) is 4.33. The molecule has 1 aliphatic carbocycles. The second-order valence-electron chi connectivity index (χ2n) is 7.65. The summed E-state index contributed by atoms with van der Waals surface area (Å²) in [6, 6.07) is 8.46. The summed E-state index contributed by atoms with van der Waals surface area (Å²) in [6.45, 7) is 2.12. The van der Waals surface area contributed by atoms with Crippen molar-refractivity contribution in [3.05, 3.63) is 74.8 Å². The molecule has 0 saturated heterocycles. The van der Waals surface area contributed by atoms with E-state index in [2.05, 4.69) is 46.3 Å². The van der Waals surface area contributed by atoms with Gasteiger partial charge < -0.3 is 8.98 Å². The lowest BCUT2D eigenvalue weighted by Gasteiger charge is -2.34. The molecule has 5 rings (SSSR count). The Morgan fingerprint density at radius 3 is 2.76 bits per heavy atom. The fraction of sp³-hybridized carbons (Fsp3) is 0.350. The summed E-state index contributed by atoms with van der Waals surface area (Å²) < 4.78 is 9.70. The number of aromatic nitrogens is 6. The maximum absolute atomic E-state index is 12.6. The van der Waals surface area contributed by atoms with Crippen molar-refractivity contribution in [1.29, 1.82) is 0 Å². The van der Waals surface area contributed by atoms with Crippen LogP contribution < -0.4 is 11.3 Å². The lowest BCUT2D eigenvalue weighted by Crippen LogP contribution is -2.32. The lowest BCUT2D eigenvalue weighted by atomic mass is 9.75. The fourth-order valence-corrected chi connectivity index (χ4v) is 3.94. The Morgan fingerprint density at radius 2 is 1.97 bits per heavy atom. The molecular formula is C20H20N6O3. The molecule has 3 aromatic heterocycles. The summed E-state index contributed by atoms with van der Waals surface area (Å²) in [7, 11) is 1.73. The zero-order valence-corrected chi connectivity index (χ0v) is 16.1. The SMILES string of the molecule is Cc1cccc(C2CC(n3nc(Cn4cnc5ncn(C)c5c4=O)oc3=O)C2)c1. The van der Waals surface area contributed by atoms with Crippen molar-refractivity contribution in [2.75, 3.05) is 0 Å². The van der Waals surface area contributed by atoms with Crippen LogP contribution in [0.25, 0.3) is 11.2 Å². The Hall–Kier alpha value is -3.49. The van der Waals surface area contributed by atoms with Gasteiger partial charge in [0.25, 0.3) is 5.56 Å². The van der Waals surface area contributed by atoms with Crippen molar-refractivity contribution < 1.29 is 4.42 Å². The highest BCUT2D eigenvalue weighted by Gasteiger charge is 2.34. The monoisotopic (exact) mass is 392 g/mol. The molecule has 1 fully saturated rings. The van der Waals surface area contributed by atoms with E-state index in [0.29, 0.717) is 17.1 Å². The largest absolute Gasteiger partial charge is 0.437 e. The van der Waals surface area contributed by atoms with Crippen LogP contribution in [-0.2, 0) is 13.6 Å².